The fraction of sp³-hybridized carbons (Fsp3) is 0.409. The second kappa shape index (κ2) is 8.79. The summed E-state index contributed by atoms with van der Waals surface area (Å²) in [5, 5.41) is 11.9. The first-order chi connectivity index (χ1) is 14.6. The van der Waals surface area contributed by atoms with E-state index in [0.717, 1.165) is 60.6 Å². The Kier molecular flexibility index (Phi) is 5.94. The molecule has 0 aliphatic carbocycles. The molecule has 7 nitrogen and oxygen atoms in total. The molecule has 2 aromatic heterocycles. The number of hydrogen-bond acceptors (Lipinski definition) is 5. The zero-order valence-electron chi connectivity index (χ0n) is 17.2. The molecule has 1 aliphatic heterocycles. The highest BCUT2D eigenvalue weighted by atomic mass is 19.1. The van der Waals surface area contributed by atoms with Gasteiger partial charge >= 0.3 is 0 Å². The van der Waals surface area contributed by atoms with Crippen molar-refractivity contribution in [2.45, 2.75) is 45.8 Å². The van der Waals surface area contributed by atoms with Crippen molar-refractivity contribution in [2.24, 2.45) is 0 Å². The molecule has 1 aromatic carbocycles. The first kappa shape index (κ1) is 20.3. The Morgan fingerprint density at radius 3 is 2.80 bits per heavy atom. The van der Waals surface area contributed by atoms with Crippen molar-refractivity contribution in [3.63, 3.8) is 0 Å². The fourth-order valence-corrected chi connectivity index (χ4v) is 3.81. The Morgan fingerprint density at radius 1 is 1.30 bits per heavy atom. The Labute approximate surface area is 174 Å². The van der Waals surface area contributed by atoms with Crippen molar-refractivity contribution in [3.8, 4) is 0 Å². The summed E-state index contributed by atoms with van der Waals surface area (Å²) in [5.74, 6) is -0.987. The molecule has 1 fully saturated rings. The summed E-state index contributed by atoms with van der Waals surface area (Å²) in [4.78, 5) is 17.3. The molecule has 1 saturated heterocycles. The minimum absolute atomic E-state index is 0.0296. The number of ether oxygens (including phenoxy) is 1. The van der Waals surface area contributed by atoms with E-state index < -0.39 is 11.7 Å². The third-order valence-corrected chi connectivity index (χ3v) is 5.51. The van der Waals surface area contributed by atoms with Crippen molar-refractivity contribution in [2.75, 3.05) is 18.5 Å². The number of carbonyl (C=O) groups excluding carboxylic acids is 1. The number of nitrogens with one attached hydrogen (secondary N) is 2. The topological polar surface area (TPSA) is 81.1 Å². The molecule has 0 saturated carbocycles. The van der Waals surface area contributed by atoms with Crippen molar-refractivity contribution >= 4 is 22.6 Å². The van der Waals surface area contributed by atoms with Gasteiger partial charge in [0.1, 0.15) is 5.82 Å². The number of anilines is 1. The van der Waals surface area contributed by atoms with E-state index in [0.29, 0.717) is 0 Å². The standard InChI is InChI=1S/C22H26FN5O2/c1-3-28-21-18(13-25-28)20(27-15-8-10-30-11-9-15)17(14(2)26-21)12-24-22(29)16-6-4-5-7-19(16)23/h4-7,13,15H,3,8-12H2,1-2H3,(H,24,29)(H,26,27). The van der Waals surface area contributed by atoms with Crippen LogP contribution in [0.5, 0.6) is 0 Å². The summed E-state index contributed by atoms with van der Waals surface area (Å²) in [6.07, 6.45) is 3.63. The van der Waals surface area contributed by atoms with Gasteiger partial charge in [-0.05, 0) is 38.8 Å². The van der Waals surface area contributed by atoms with Crippen LogP contribution in [0, 0.1) is 12.7 Å². The number of hydrogen-bond donors (Lipinski definition) is 2. The van der Waals surface area contributed by atoms with E-state index in [4.69, 9.17) is 9.72 Å². The van der Waals surface area contributed by atoms with Gasteiger partial charge in [-0.2, -0.15) is 5.10 Å². The molecular weight excluding hydrogens is 385 g/mol. The number of rotatable bonds is 6. The first-order valence-electron chi connectivity index (χ1n) is 10.3. The van der Waals surface area contributed by atoms with Gasteiger partial charge < -0.3 is 15.4 Å². The largest absolute Gasteiger partial charge is 0.381 e. The van der Waals surface area contributed by atoms with Gasteiger partial charge in [0.05, 0.1) is 22.8 Å². The lowest BCUT2D eigenvalue weighted by Gasteiger charge is -2.26. The van der Waals surface area contributed by atoms with Crippen molar-refractivity contribution in [1.29, 1.82) is 0 Å². The third-order valence-electron chi connectivity index (χ3n) is 5.51. The molecule has 0 atom stereocenters. The maximum Gasteiger partial charge on any atom is 0.254 e. The van der Waals surface area contributed by atoms with Crippen molar-refractivity contribution in [1.82, 2.24) is 20.1 Å². The van der Waals surface area contributed by atoms with E-state index in [1.165, 1.54) is 12.1 Å². The van der Waals surface area contributed by atoms with Crippen LogP contribution in [0.2, 0.25) is 0 Å². The van der Waals surface area contributed by atoms with E-state index in [9.17, 15) is 9.18 Å². The van der Waals surface area contributed by atoms with E-state index in [1.54, 1.807) is 12.1 Å². The minimum Gasteiger partial charge on any atom is -0.381 e. The summed E-state index contributed by atoms with van der Waals surface area (Å²) in [6.45, 7) is 6.35. The van der Waals surface area contributed by atoms with Crippen LogP contribution in [-0.4, -0.2) is 39.9 Å². The van der Waals surface area contributed by atoms with Crippen LogP contribution >= 0.6 is 0 Å². The van der Waals surface area contributed by atoms with Crippen LogP contribution in [0.3, 0.4) is 0 Å². The summed E-state index contributed by atoms with van der Waals surface area (Å²) in [7, 11) is 0. The second-order valence-electron chi connectivity index (χ2n) is 7.44. The molecule has 0 bridgehead atoms. The number of pyridine rings is 1. The molecule has 1 aliphatic rings. The van der Waals surface area contributed by atoms with Gasteiger partial charge in [-0.25, -0.2) is 14.1 Å². The average molecular weight is 411 g/mol. The van der Waals surface area contributed by atoms with Crippen LogP contribution in [0.1, 0.15) is 41.4 Å². The molecular formula is C22H26FN5O2. The van der Waals surface area contributed by atoms with Gasteiger partial charge in [0.2, 0.25) is 0 Å². The van der Waals surface area contributed by atoms with E-state index in [1.807, 2.05) is 24.7 Å². The zero-order valence-corrected chi connectivity index (χ0v) is 17.2. The van der Waals surface area contributed by atoms with Crippen LogP contribution in [0.4, 0.5) is 10.1 Å². The van der Waals surface area contributed by atoms with E-state index >= 15 is 0 Å². The Hall–Kier alpha value is -3.00. The highest BCUT2D eigenvalue weighted by Gasteiger charge is 2.21. The van der Waals surface area contributed by atoms with Gasteiger partial charge in [-0.1, -0.05) is 12.1 Å². The fourth-order valence-electron chi connectivity index (χ4n) is 3.81. The van der Waals surface area contributed by atoms with E-state index in [-0.39, 0.29) is 18.2 Å². The van der Waals surface area contributed by atoms with Gasteiger partial charge in [0.15, 0.2) is 5.65 Å². The number of amides is 1. The van der Waals surface area contributed by atoms with Gasteiger partial charge in [-0.3, -0.25) is 4.79 Å². The Bertz CT molecular complexity index is 1060. The number of carbonyl (C=O) groups is 1. The molecule has 3 aromatic rings. The molecule has 0 unspecified atom stereocenters. The number of nitrogens with zero attached hydrogens (tertiary/aromatic N) is 3. The second-order valence-corrected chi connectivity index (χ2v) is 7.44. The lowest BCUT2D eigenvalue weighted by Crippen LogP contribution is -2.30. The lowest BCUT2D eigenvalue weighted by atomic mass is 10.0. The van der Waals surface area contributed by atoms with Gasteiger partial charge in [-0.15, -0.1) is 0 Å². The maximum atomic E-state index is 14.0. The van der Waals surface area contributed by atoms with Crippen molar-refractivity contribution < 1.29 is 13.9 Å². The highest BCUT2D eigenvalue weighted by molar-refractivity contribution is 5.95. The monoisotopic (exact) mass is 411 g/mol. The van der Waals surface area contributed by atoms with Crippen LogP contribution in [0.15, 0.2) is 30.5 Å². The molecule has 3 heterocycles. The summed E-state index contributed by atoms with van der Waals surface area (Å²) < 4.78 is 21.3. The number of fused-ring (bicyclic) bond motifs is 1. The molecule has 158 valence electrons. The van der Waals surface area contributed by atoms with Crippen molar-refractivity contribution in [3.05, 3.63) is 53.1 Å². The molecule has 2 N–H and O–H groups in total. The van der Waals surface area contributed by atoms with Gasteiger partial charge in [0.25, 0.3) is 5.91 Å². The summed E-state index contributed by atoms with van der Waals surface area (Å²) >= 11 is 0. The number of aryl methyl sites for hydroxylation is 2. The zero-order chi connectivity index (χ0) is 21.1. The quantitative estimate of drug-likeness (QED) is 0.650. The highest BCUT2D eigenvalue weighted by Crippen LogP contribution is 2.30. The predicted molar refractivity (Wildman–Crippen MR) is 113 cm³/mol. The number of benzene rings is 1. The Balaban J connectivity index is 1.67. The molecule has 30 heavy (non-hydrogen) atoms. The summed E-state index contributed by atoms with van der Waals surface area (Å²) in [6, 6.07) is 6.25. The maximum absolute atomic E-state index is 14.0. The average Bonchev–Trinajstić information content (AvgIpc) is 3.16. The normalized spacial score (nSPS) is 14.8. The van der Waals surface area contributed by atoms with E-state index in [2.05, 4.69) is 15.7 Å². The SMILES string of the molecule is CCn1ncc2c(NC3CCOCC3)c(CNC(=O)c3ccccc3F)c(C)nc21. The first-order valence-corrected chi connectivity index (χ1v) is 10.3. The Morgan fingerprint density at radius 2 is 2.07 bits per heavy atom. The molecule has 0 radical (unpaired) electrons. The molecule has 4 rings (SSSR count). The molecule has 0 spiro atoms. The molecule has 1 amide bonds. The van der Waals surface area contributed by atoms with Gasteiger partial charge in [0, 0.05) is 43.6 Å². The number of aromatic nitrogens is 3. The van der Waals surface area contributed by atoms with Crippen LogP contribution < -0.4 is 10.6 Å². The molecule has 8 heteroatoms. The minimum atomic E-state index is -0.537. The predicted octanol–water partition coefficient (Wildman–Crippen LogP) is 3.42. The van der Waals surface area contributed by atoms with Crippen LogP contribution in [0.25, 0.3) is 11.0 Å². The lowest BCUT2D eigenvalue weighted by molar-refractivity contribution is 0.0904. The summed E-state index contributed by atoms with van der Waals surface area (Å²) in [5.41, 5.74) is 3.46. The third kappa shape index (κ3) is 4.00. The smallest absolute Gasteiger partial charge is 0.254 e. The number of halogens is 1. The van der Waals surface area contributed by atoms with Crippen LogP contribution in [-0.2, 0) is 17.8 Å².